The van der Waals surface area contributed by atoms with Gasteiger partial charge in [-0.2, -0.15) is 5.10 Å². The van der Waals surface area contributed by atoms with Gasteiger partial charge >= 0.3 is 0 Å². The van der Waals surface area contributed by atoms with Gasteiger partial charge < -0.3 is 0 Å². The minimum Gasteiger partial charge on any atom is -0.294 e. The number of aliphatic imine (C=N–C) groups is 1. The van der Waals surface area contributed by atoms with Crippen molar-refractivity contribution < 1.29 is 18.0 Å². The van der Waals surface area contributed by atoms with Gasteiger partial charge in [0.05, 0.1) is 24.2 Å². The largest absolute Gasteiger partial charge is 0.294 e. The van der Waals surface area contributed by atoms with E-state index in [4.69, 9.17) is 4.99 Å². The topological polar surface area (TPSA) is 60.1 Å². The van der Waals surface area contributed by atoms with E-state index in [1.165, 1.54) is 18.3 Å². The number of fused-ring (bicyclic) bond motifs is 1. The lowest BCUT2D eigenvalue weighted by Crippen LogP contribution is -2.27. The van der Waals surface area contributed by atoms with Gasteiger partial charge in [0.25, 0.3) is 0 Å². The number of ketones is 1. The maximum Gasteiger partial charge on any atom is 0.248 e. The Bertz CT molecular complexity index is 1190. The minimum atomic E-state index is -2.64. The lowest BCUT2D eigenvalue weighted by molar-refractivity contribution is -0.0448. The Morgan fingerprint density at radius 1 is 1.06 bits per heavy atom. The van der Waals surface area contributed by atoms with Crippen LogP contribution in [0.15, 0.2) is 53.9 Å². The summed E-state index contributed by atoms with van der Waals surface area (Å²) in [5.74, 6) is -2.64. The van der Waals surface area contributed by atoms with E-state index in [1.54, 1.807) is 35.3 Å². The van der Waals surface area contributed by atoms with Crippen LogP contribution in [0.5, 0.6) is 0 Å². The van der Waals surface area contributed by atoms with Gasteiger partial charge in [0.2, 0.25) is 5.92 Å². The molecule has 0 saturated heterocycles. The maximum absolute atomic E-state index is 14.0. The van der Waals surface area contributed by atoms with Crippen molar-refractivity contribution in [2.45, 2.75) is 50.5 Å². The molecule has 1 aliphatic carbocycles. The molecule has 2 aromatic heterocycles. The number of carbonyl (C=O) groups excluding carboxylic acids is 1. The van der Waals surface area contributed by atoms with E-state index < -0.39 is 5.92 Å². The highest BCUT2D eigenvalue weighted by Crippen LogP contribution is 2.41. The molecule has 5 rings (SSSR count). The standard InChI is InChI=1S/C24H21F3N4O/c25-17-2-1-16(20(12-17)15-5-9-28-10-6-15)11-18-13-22(32)21-14-29-31(23(21)30-18)19-3-7-24(26,27)8-4-19/h1-2,5-6,9-10,12,14,19H,3-4,7-8,11,13H2. The predicted octanol–water partition coefficient (Wildman–Crippen LogP) is 5.74. The van der Waals surface area contributed by atoms with Crippen LogP contribution in [0, 0.1) is 5.82 Å². The molecular weight excluding hydrogens is 417 g/mol. The zero-order valence-corrected chi connectivity index (χ0v) is 17.3. The van der Waals surface area contributed by atoms with Crippen molar-refractivity contribution in [2.24, 2.45) is 4.99 Å². The van der Waals surface area contributed by atoms with Gasteiger partial charge in [-0.05, 0) is 53.8 Å². The van der Waals surface area contributed by atoms with Crippen molar-refractivity contribution in [3.8, 4) is 11.1 Å². The number of halogens is 3. The fraction of sp³-hybridized carbons (Fsp3) is 0.333. The second kappa shape index (κ2) is 8.00. The Hall–Kier alpha value is -3.29. The van der Waals surface area contributed by atoms with E-state index in [-0.39, 0.29) is 36.9 Å². The number of hydrogen-bond donors (Lipinski definition) is 0. The number of Topliss-reactive ketones (excluding diaryl/α,β-unsaturated/α-hetero) is 1. The van der Waals surface area contributed by atoms with E-state index in [0.29, 0.717) is 36.4 Å². The molecule has 0 amide bonds. The number of aromatic nitrogens is 3. The molecule has 2 aliphatic rings. The fourth-order valence-electron chi connectivity index (χ4n) is 4.50. The molecule has 1 aliphatic heterocycles. The average Bonchev–Trinajstić information content (AvgIpc) is 3.20. The summed E-state index contributed by atoms with van der Waals surface area (Å²) >= 11 is 0. The first-order valence-electron chi connectivity index (χ1n) is 10.6. The van der Waals surface area contributed by atoms with Crippen LogP contribution in [0.1, 0.15) is 54.1 Å². The number of nitrogens with zero attached hydrogens (tertiary/aromatic N) is 4. The van der Waals surface area contributed by atoms with Crippen LogP contribution in [-0.4, -0.2) is 32.2 Å². The Kier molecular flexibility index (Phi) is 5.15. The molecule has 0 spiro atoms. The summed E-state index contributed by atoms with van der Waals surface area (Å²) in [6.07, 6.45) is 5.50. The second-order valence-corrected chi connectivity index (χ2v) is 8.41. The molecule has 0 atom stereocenters. The third-order valence-corrected chi connectivity index (χ3v) is 6.19. The lowest BCUT2D eigenvalue weighted by atomic mass is 9.92. The summed E-state index contributed by atoms with van der Waals surface area (Å²) in [6.45, 7) is 0. The van der Waals surface area contributed by atoms with E-state index >= 15 is 0 Å². The Labute approximate surface area is 183 Å². The first-order valence-corrected chi connectivity index (χ1v) is 10.6. The summed E-state index contributed by atoms with van der Waals surface area (Å²) in [6, 6.07) is 7.97. The lowest BCUT2D eigenvalue weighted by Gasteiger charge is -2.29. The summed E-state index contributed by atoms with van der Waals surface area (Å²) in [5.41, 5.74) is 3.46. The van der Waals surface area contributed by atoms with Gasteiger partial charge in [-0.25, -0.2) is 22.8 Å². The molecule has 0 N–H and O–H groups in total. The molecule has 1 fully saturated rings. The first kappa shape index (κ1) is 20.6. The van der Waals surface area contributed by atoms with Crippen LogP contribution in [0.25, 0.3) is 11.1 Å². The molecule has 8 heteroatoms. The van der Waals surface area contributed by atoms with Gasteiger partial charge in [-0.3, -0.25) is 9.78 Å². The third kappa shape index (κ3) is 3.97. The van der Waals surface area contributed by atoms with Gasteiger partial charge in [0.1, 0.15) is 5.82 Å². The van der Waals surface area contributed by atoms with Crippen molar-refractivity contribution in [3.05, 3.63) is 65.9 Å². The zero-order chi connectivity index (χ0) is 22.3. The minimum absolute atomic E-state index is 0.0926. The molecule has 32 heavy (non-hydrogen) atoms. The van der Waals surface area contributed by atoms with E-state index in [9.17, 15) is 18.0 Å². The molecule has 1 saturated carbocycles. The third-order valence-electron chi connectivity index (χ3n) is 6.19. The van der Waals surface area contributed by atoms with E-state index in [0.717, 1.165) is 16.7 Å². The summed E-state index contributed by atoms with van der Waals surface area (Å²) < 4.78 is 42.8. The van der Waals surface area contributed by atoms with Gasteiger partial charge in [-0.15, -0.1) is 0 Å². The molecule has 3 aromatic rings. The number of alkyl halides is 2. The average molecular weight is 438 g/mol. The SMILES string of the molecule is O=C1CC(Cc2ccc(F)cc2-c2ccncc2)=Nc2c1cnn2C1CCC(F)(F)CC1. The highest BCUT2D eigenvalue weighted by Gasteiger charge is 2.37. The number of carbonyl (C=O) groups is 1. The summed E-state index contributed by atoms with van der Waals surface area (Å²) in [7, 11) is 0. The van der Waals surface area contributed by atoms with Crippen LogP contribution in [-0.2, 0) is 6.42 Å². The molecule has 0 radical (unpaired) electrons. The molecule has 164 valence electrons. The second-order valence-electron chi connectivity index (χ2n) is 8.41. The highest BCUT2D eigenvalue weighted by molar-refractivity contribution is 6.15. The Morgan fingerprint density at radius 3 is 2.56 bits per heavy atom. The van der Waals surface area contributed by atoms with Crippen LogP contribution in [0.4, 0.5) is 19.0 Å². The van der Waals surface area contributed by atoms with Crippen molar-refractivity contribution in [2.75, 3.05) is 0 Å². The fourth-order valence-corrected chi connectivity index (χ4v) is 4.50. The number of pyridine rings is 1. The van der Waals surface area contributed by atoms with Crippen molar-refractivity contribution in [1.82, 2.24) is 14.8 Å². The molecule has 0 bridgehead atoms. The first-order chi connectivity index (χ1) is 15.4. The summed E-state index contributed by atoms with van der Waals surface area (Å²) in [5, 5.41) is 4.33. The molecule has 0 unspecified atom stereocenters. The number of rotatable bonds is 4. The van der Waals surface area contributed by atoms with Crippen LogP contribution in [0.3, 0.4) is 0 Å². The van der Waals surface area contributed by atoms with Gasteiger partial charge in [0.15, 0.2) is 11.6 Å². The number of benzene rings is 1. The molecule has 5 nitrogen and oxygen atoms in total. The monoisotopic (exact) mass is 438 g/mol. The normalized spacial score (nSPS) is 18.3. The Morgan fingerprint density at radius 2 is 1.81 bits per heavy atom. The van der Waals surface area contributed by atoms with Gasteiger partial charge in [0, 0.05) is 37.4 Å². The maximum atomic E-state index is 14.0. The van der Waals surface area contributed by atoms with Crippen molar-refractivity contribution in [3.63, 3.8) is 0 Å². The summed E-state index contributed by atoms with van der Waals surface area (Å²) in [4.78, 5) is 21.5. The van der Waals surface area contributed by atoms with Gasteiger partial charge in [-0.1, -0.05) is 6.07 Å². The highest BCUT2D eigenvalue weighted by atomic mass is 19.3. The number of hydrogen-bond acceptors (Lipinski definition) is 4. The van der Waals surface area contributed by atoms with Crippen LogP contribution < -0.4 is 0 Å². The van der Waals surface area contributed by atoms with Crippen LogP contribution in [0.2, 0.25) is 0 Å². The van der Waals surface area contributed by atoms with Crippen LogP contribution >= 0.6 is 0 Å². The van der Waals surface area contributed by atoms with E-state index in [1.807, 2.05) is 0 Å². The Balaban J connectivity index is 1.47. The molecular formula is C24H21F3N4O. The quantitative estimate of drug-likeness (QED) is 0.522. The smallest absolute Gasteiger partial charge is 0.248 e. The molecule has 1 aromatic carbocycles. The van der Waals surface area contributed by atoms with E-state index in [2.05, 4.69) is 10.1 Å². The van der Waals surface area contributed by atoms with Crippen molar-refractivity contribution in [1.29, 1.82) is 0 Å². The zero-order valence-electron chi connectivity index (χ0n) is 17.3. The molecule has 3 heterocycles. The predicted molar refractivity (Wildman–Crippen MR) is 114 cm³/mol. The van der Waals surface area contributed by atoms with Crippen molar-refractivity contribution >= 4 is 17.3 Å².